The summed E-state index contributed by atoms with van der Waals surface area (Å²) in [6.45, 7) is 8.46. The highest BCUT2D eigenvalue weighted by Gasteiger charge is 2.32. The van der Waals surface area contributed by atoms with Gasteiger partial charge in [-0.25, -0.2) is 9.97 Å². The van der Waals surface area contributed by atoms with E-state index in [1.54, 1.807) is 6.07 Å². The predicted octanol–water partition coefficient (Wildman–Crippen LogP) is 3.99. The Balaban J connectivity index is 1.45. The molecular formula is C21H30F3N5S. The molecule has 1 unspecified atom stereocenters. The molecule has 0 spiro atoms. The van der Waals surface area contributed by atoms with Crippen LogP contribution >= 0.6 is 11.3 Å². The fourth-order valence-corrected chi connectivity index (χ4v) is 5.64. The average Bonchev–Trinajstić information content (AvgIpc) is 2.87. The second-order valence-corrected chi connectivity index (χ2v) is 10.0. The summed E-state index contributed by atoms with van der Waals surface area (Å²) in [7, 11) is 0. The molecule has 30 heavy (non-hydrogen) atoms. The molecule has 2 aromatic heterocycles. The minimum atomic E-state index is -4.21. The van der Waals surface area contributed by atoms with Crippen LogP contribution in [0.1, 0.15) is 38.0 Å². The Kier molecular flexibility index (Phi) is 6.50. The van der Waals surface area contributed by atoms with Crippen LogP contribution in [0.5, 0.6) is 0 Å². The van der Waals surface area contributed by atoms with E-state index in [1.807, 2.05) is 0 Å². The summed E-state index contributed by atoms with van der Waals surface area (Å²) < 4.78 is 38.5. The van der Waals surface area contributed by atoms with Crippen LogP contribution in [-0.4, -0.2) is 54.4 Å². The average molecular weight is 442 g/mol. The van der Waals surface area contributed by atoms with Crippen LogP contribution in [0.15, 0.2) is 12.4 Å². The first-order valence-electron chi connectivity index (χ1n) is 10.8. The minimum Gasteiger partial charge on any atom is -0.356 e. The van der Waals surface area contributed by atoms with E-state index in [9.17, 15) is 13.2 Å². The van der Waals surface area contributed by atoms with Crippen molar-refractivity contribution in [2.75, 3.05) is 31.1 Å². The molecule has 2 N–H and O–H groups in total. The normalized spacial score (nSPS) is 22.3. The Hall–Kier alpha value is -1.45. The van der Waals surface area contributed by atoms with Crippen LogP contribution in [0.25, 0.3) is 10.2 Å². The molecule has 2 aliphatic heterocycles. The number of aromatic nitrogens is 2. The molecule has 2 fully saturated rings. The monoisotopic (exact) mass is 441 g/mol. The lowest BCUT2D eigenvalue weighted by atomic mass is 9.85. The van der Waals surface area contributed by atoms with Gasteiger partial charge in [-0.15, -0.1) is 11.3 Å². The molecule has 0 aliphatic carbocycles. The molecule has 2 aromatic rings. The van der Waals surface area contributed by atoms with Gasteiger partial charge >= 0.3 is 6.18 Å². The lowest BCUT2D eigenvalue weighted by Crippen LogP contribution is -2.57. The van der Waals surface area contributed by atoms with Crippen molar-refractivity contribution < 1.29 is 13.2 Å². The van der Waals surface area contributed by atoms with Crippen molar-refractivity contribution in [3.8, 4) is 0 Å². The molecule has 0 amide bonds. The zero-order chi connectivity index (χ0) is 21.3. The molecule has 166 valence electrons. The van der Waals surface area contributed by atoms with Gasteiger partial charge in [-0.3, -0.25) is 0 Å². The quantitative estimate of drug-likeness (QED) is 0.710. The van der Waals surface area contributed by atoms with E-state index in [0.717, 1.165) is 68.0 Å². The van der Waals surface area contributed by atoms with Gasteiger partial charge in [-0.1, -0.05) is 13.8 Å². The SMILES string of the molecule is CC(C)C(N[C@H]1CCCN(c2ncnc3sc(CC(F)(F)F)cc23)CC1)C1CNC1. The highest BCUT2D eigenvalue weighted by atomic mass is 32.1. The third-order valence-corrected chi connectivity index (χ3v) is 7.27. The van der Waals surface area contributed by atoms with Crippen molar-refractivity contribution in [1.29, 1.82) is 0 Å². The third kappa shape index (κ3) is 5.06. The first-order valence-corrected chi connectivity index (χ1v) is 11.6. The molecule has 2 atom stereocenters. The zero-order valence-corrected chi connectivity index (χ0v) is 18.3. The smallest absolute Gasteiger partial charge is 0.356 e. The fraction of sp³-hybridized carbons (Fsp3) is 0.714. The van der Waals surface area contributed by atoms with Crippen LogP contribution < -0.4 is 15.5 Å². The van der Waals surface area contributed by atoms with E-state index in [1.165, 1.54) is 6.33 Å². The van der Waals surface area contributed by atoms with Gasteiger partial charge < -0.3 is 15.5 Å². The van der Waals surface area contributed by atoms with Crippen molar-refractivity contribution in [2.45, 2.75) is 57.8 Å². The Bertz CT molecular complexity index is 849. The second-order valence-electron chi connectivity index (χ2n) is 8.89. The Morgan fingerprint density at radius 1 is 1.23 bits per heavy atom. The molecule has 5 nitrogen and oxygen atoms in total. The van der Waals surface area contributed by atoms with E-state index in [2.05, 4.69) is 39.3 Å². The standard InChI is InChI=1S/C21H30F3N5S/c1-13(2)18(14-10-25-11-14)28-15-4-3-6-29(7-5-15)19-17-8-16(9-21(22,23)24)30-20(17)27-12-26-19/h8,12-15,18,25,28H,3-7,9-11H2,1-2H3/t15-,18?/m0/s1. The number of alkyl halides is 3. The number of nitrogens with zero attached hydrogens (tertiary/aromatic N) is 3. The lowest BCUT2D eigenvalue weighted by molar-refractivity contribution is -0.126. The van der Waals surface area contributed by atoms with Crippen molar-refractivity contribution in [1.82, 2.24) is 20.6 Å². The summed E-state index contributed by atoms with van der Waals surface area (Å²) >= 11 is 1.12. The number of halogens is 3. The van der Waals surface area contributed by atoms with E-state index < -0.39 is 12.6 Å². The van der Waals surface area contributed by atoms with Gasteiger partial charge in [-0.05, 0) is 37.2 Å². The summed E-state index contributed by atoms with van der Waals surface area (Å²) in [5.41, 5.74) is 0. The number of nitrogens with one attached hydrogen (secondary N) is 2. The van der Waals surface area contributed by atoms with Gasteiger partial charge in [0.15, 0.2) is 0 Å². The molecule has 2 aliphatic rings. The number of fused-ring (bicyclic) bond motifs is 1. The maximum atomic E-state index is 12.8. The summed E-state index contributed by atoms with van der Waals surface area (Å²) in [4.78, 5) is 11.8. The van der Waals surface area contributed by atoms with E-state index >= 15 is 0 Å². The van der Waals surface area contributed by atoms with Gasteiger partial charge in [0.05, 0.1) is 11.8 Å². The van der Waals surface area contributed by atoms with Crippen molar-refractivity contribution >= 4 is 27.4 Å². The van der Waals surface area contributed by atoms with Gasteiger partial charge in [0.1, 0.15) is 17.0 Å². The molecule has 0 saturated carbocycles. The summed E-state index contributed by atoms with van der Waals surface area (Å²) in [5, 5.41) is 8.03. The molecule has 0 aromatic carbocycles. The van der Waals surface area contributed by atoms with Crippen molar-refractivity contribution in [3.63, 3.8) is 0 Å². The molecule has 2 saturated heterocycles. The van der Waals surface area contributed by atoms with Crippen LogP contribution in [0.3, 0.4) is 0 Å². The van der Waals surface area contributed by atoms with Gasteiger partial charge in [-0.2, -0.15) is 13.2 Å². The number of hydrogen-bond acceptors (Lipinski definition) is 6. The molecule has 0 bridgehead atoms. The molecule has 0 radical (unpaired) electrons. The van der Waals surface area contributed by atoms with Gasteiger partial charge in [0.2, 0.25) is 0 Å². The first kappa shape index (κ1) is 21.8. The third-order valence-electron chi connectivity index (χ3n) is 6.23. The summed E-state index contributed by atoms with van der Waals surface area (Å²) in [6.07, 6.45) is -0.489. The highest BCUT2D eigenvalue weighted by molar-refractivity contribution is 7.18. The molecule has 9 heteroatoms. The Labute approximate surface area is 179 Å². The van der Waals surface area contributed by atoms with E-state index in [-0.39, 0.29) is 0 Å². The van der Waals surface area contributed by atoms with E-state index in [0.29, 0.717) is 33.6 Å². The minimum absolute atomic E-state index is 0.294. The second kappa shape index (κ2) is 8.96. The number of rotatable bonds is 6. The first-order chi connectivity index (χ1) is 14.3. The summed E-state index contributed by atoms with van der Waals surface area (Å²) in [5.74, 6) is 2.06. The predicted molar refractivity (Wildman–Crippen MR) is 115 cm³/mol. The van der Waals surface area contributed by atoms with Crippen LogP contribution in [0, 0.1) is 11.8 Å². The Morgan fingerprint density at radius 3 is 2.70 bits per heavy atom. The van der Waals surface area contributed by atoms with Crippen LogP contribution in [0.2, 0.25) is 0 Å². The van der Waals surface area contributed by atoms with Crippen LogP contribution in [-0.2, 0) is 6.42 Å². The number of thiophene rings is 1. The van der Waals surface area contributed by atoms with Gasteiger partial charge in [0.25, 0.3) is 0 Å². The number of hydrogen-bond donors (Lipinski definition) is 2. The zero-order valence-electron chi connectivity index (χ0n) is 17.5. The number of anilines is 1. The maximum Gasteiger partial charge on any atom is 0.393 e. The molecule has 4 rings (SSSR count). The lowest BCUT2D eigenvalue weighted by Gasteiger charge is -2.39. The Morgan fingerprint density at radius 2 is 2.03 bits per heavy atom. The highest BCUT2D eigenvalue weighted by Crippen LogP contribution is 2.34. The topological polar surface area (TPSA) is 53.1 Å². The van der Waals surface area contributed by atoms with Crippen molar-refractivity contribution in [2.24, 2.45) is 11.8 Å². The van der Waals surface area contributed by atoms with Crippen molar-refractivity contribution in [3.05, 3.63) is 17.3 Å². The summed E-state index contributed by atoms with van der Waals surface area (Å²) in [6, 6.07) is 2.61. The molecular weight excluding hydrogens is 411 g/mol. The fourth-order valence-electron chi connectivity index (χ4n) is 4.61. The van der Waals surface area contributed by atoms with Gasteiger partial charge in [0, 0.05) is 43.1 Å². The maximum absolute atomic E-state index is 12.8. The largest absolute Gasteiger partial charge is 0.393 e. The van der Waals surface area contributed by atoms with Crippen LogP contribution in [0.4, 0.5) is 19.0 Å². The van der Waals surface area contributed by atoms with E-state index in [4.69, 9.17) is 0 Å². The molecule has 4 heterocycles.